The minimum absolute atomic E-state index is 0.0182. The van der Waals surface area contributed by atoms with Gasteiger partial charge in [0.15, 0.2) is 0 Å². The first-order valence-corrected chi connectivity index (χ1v) is 5.51. The van der Waals surface area contributed by atoms with Crippen LogP contribution in [0.4, 0.5) is 0 Å². The van der Waals surface area contributed by atoms with E-state index in [9.17, 15) is 9.59 Å². The number of nitrogens with one attached hydrogen (secondary N) is 1. The van der Waals surface area contributed by atoms with E-state index in [1.807, 2.05) is 19.1 Å². The molecule has 0 saturated heterocycles. The second-order valence-corrected chi connectivity index (χ2v) is 3.92. The summed E-state index contributed by atoms with van der Waals surface area (Å²) in [5, 5.41) is 2.51. The average Bonchev–Trinajstić information content (AvgIpc) is 2.71. The predicted octanol–water partition coefficient (Wildman–Crippen LogP) is -0.516. The molecule has 0 aliphatic heterocycles. The van der Waals surface area contributed by atoms with E-state index in [4.69, 9.17) is 5.73 Å². The summed E-state index contributed by atoms with van der Waals surface area (Å²) in [6.07, 6.45) is 4.32. The molecule has 0 spiro atoms. The fraction of sp³-hybridized carbons (Fsp3) is 0.636. The molecule has 1 rings (SSSR count). The van der Waals surface area contributed by atoms with Gasteiger partial charge >= 0.3 is 0 Å². The molecule has 3 N–H and O–H groups in total. The summed E-state index contributed by atoms with van der Waals surface area (Å²) in [7, 11) is 1.56. The van der Waals surface area contributed by atoms with Crippen LogP contribution in [0.25, 0.3) is 0 Å². The minimum Gasteiger partial charge on any atom is -0.358 e. The maximum atomic E-state index is 12.0. The van der Waals surface area contributed by atoms with Crippen LogP contribution in [-0.2, 0) is 9.59 Å². The summed E-state index contributed by atoms with van der Waals surface area (Å²) < 4.78 is 0. The van der Waals surface area contributed by atoms with Crippen molar-refractivity contribution in [3.8, 4) is 0 Å². The fourth-order valence-corrected chi connectivity index (χ4v) is 1.74. The maximum absolute atomic E-state index is 12.0. The minimum atomic E-state index is -0.167. The molecule has 0 radical (unpaired) electrons. The second-order valence-electron chi connectivity index (χ2n) is 3.92. The Balaban J connectivity index is 2.56. The van der Waals surface area contributed by atoms with E-state index in [-0.39, 0.29) is 30.3 Å². The van der Waals surface area contributed by atoms with Crippen molar-refractivity contribution in [3.63, 3.8) is 0 Å². The summed E-state index contributed by atoms with van der Waals surface area (Å²) in [6, 6.07) is -0.0346. The zero-order chi connectivity index (χ0) is 12.1. The molecule has 0 bridgehead atoms. The molecule has 0 aromatic heterocycles. The number of hydrogen-bond acceptors (Lipinski definition) is 3. The van der Waals surface area contributed by atoms with Gasteiger partial charge in [0.2, 0.25) is 11.8 Å². The van der Waals surface area contributed by atoms with Crippen molar-refractivity contribution in [1.29, 1.82) is 0 Å². The van der Waals surface area contributed by atoms with Crippen LogP contribution in [0.15, 0.2) is 12.2 Å². The molecule has 2 amide bonds. The van der Waals surface area contributed by atoms with Crippen molar-refractivity contribution in [1.82, 2.24) is 10.2 Å². The van der Waals surface area contributed by atoms with Gasteiger partial charge in [0.25, 0.3) is 0 Å². The van der Waals surface area contributed by atoms with E-state index in [0.717, 1.165) is 0 Å². The highest BCUT2D eigenvalue weighted by Gasteiger charge is 2.27. The smallest absolute Gasteiger partial charge is 0.239 e. The van der Waals surface area contributed by atoms with E-state index in [1.54, 1.807) is 11.9 Å². The van der Waals surface area contributed by atoms with Crippen molar-refractivity contribution in [2.75, 3.05) is 20.1 Å². The highest BCUT2D eigenvalue weighted by atomic mass is 16.2. The topological polar surface area (TPSA) is 75.4 Å². The number of rotatable bonds is 4. The van der Waals surface area contributed by atoms with Crippen molar-refractivity contribution in [2.24, 2.45) is 11.7 Å². The first-order valence-electron chi connectivity index (χ1n) is 5.51. The molecule has 1 aliphatic carbocycles. The molecule has 0 fully saturated rings. The van der Waals surface area contributed by atoms with E-state index in [2.05, 4.69) is 5.32 Å². The quantitative estimate of drug-likeness (QED) is 0.632. The summed E-state index contributed by atoms with van der Waals surface area (Å²) in [4.78, 5) is 24.8. The number of carbonyl (C=O) groups is 2. The zero-order valence-corrected chi connectivity index (χ0v) is 9.77. The van der Waals surface area contributed by atoms with Crippen LogP contribution in [-0.4, -0.2) is 42.9 Å². The van der Waals surface area contributed by atoms with Gasteiger partial charge in [-0.25, -0.2) is 0 Å². The summed E-state index contributed by atoms with van der Waals surface area (Å²) in [6.45, 7) is 2.51. The molecule has 16 heavy (non-hydrogen) atoms. The van der Waals surface area contributed by atoms with Crippen LogP contribution in [0, 0.1) is 5.92 Å². The van der Waals surface area contributed by atoms with Gasteiger partial charge in [-0.05, 0) is 13.3 Å². The van der Waals surface area contributed by atoms with Gasteiger partial charge in [-0.1, -0.05) is 12.2 Å². The van der Waals surface area contributed by atoms with Crippen LogP contribution >= 0.6 is 0 Å². The number of carbonyl (C=O) groups excluding carboxylic acids is 2. The third-order valence-corrected chi connectivity index (χ3v) is 2.74. The third kappa shape index (κ3) is 3.06. The third-order valence-electron chi connectivity index (χ3n) is 2.74. The van der Waals surface area contributed by atoms with Gasteiger partial charge < -0.3 is 16.0 Å². The molecule has 90 valence electrons. The Bertz CT molecular complexity index is 302. The fourth-order valence-electron chi connectivity index (χ4n) is 1.74. The molecule has 5 nitrogen and oxygen atoms in total. The Kier molecular flexibility index (Phi) is 4.49. The standard InChI is InChI=1S/C11H19N3O2/c1-3-14(7-10(15)13-2)11(16)8-4-5-9(12)6-8/h4-5,8-9H,3,6-7,12H2,1-2H3,(H,13,15). The van der Waals surface area contributed by atoms with Crippen molar-refractivity contribution in [2.45, 2.75) is 19.4 Å². The van der Waals surface area contributed by atoms with Crippen LogP contribution in [0.3, 0.4) is 0 Å². The lowest BCUT2D eigenvalue weighted by atomic mass is 10.1. The average molecular weight is 225 g/mol. The zero-order valence-electron chi connectivity index (χ0n) is 9.77. The number of amides is 2. The molecule has 0 heterocycles. The van der Waals surface area contributed by atoms with Crippen LogP contribution in [0.2, 0.25) is 0 Å². The number of hydrogen-bond donors (Lipinski definition) is 2. The Morgan fingerprint density at radius 1 is 1.50 bits per heavy atom. The lowest BCUT2D eigenvalue weighted by molar-refractivity contribution is -0.137. The highest BCUT2D eigenvalue weighted by molar-refractivity contribution is 5.86. The maximum Gasteiger partial charge on any atom is 0.239 e. The normalized spacial score (nSPS) is 23.2. The molecule has 1 aliphatic rings. The SMILES string of the molecule is CCN(CC(=O)NC)C(=O)C1C=CC(N)C1. The largest absolute Gasteiger partial charge is 0.358 e. The Morgan fingerprint density at radius 3 is 2.62 bits per heavy atom. The first-order chi connectivity index (χ1) is 7.58. The van der Waals surface area contributed by atoms with E-state index >= 15 is 0 Å². The van der Waals surface area contributed by atoms with Gasteiger partial charge in [0.05, 0.1) is 12.5 Å². The van der Waals surface area contributed by atoms with Gasteiger partial charge in [0, 0.05) is 19.6 Å². The van der Waals surface area contributed by atoms with Crippen molar-refractivity contribution < 1.29 is 9.59 Å². The monoisotopic (exact) mass is 225 g/mol. The number of nitrogens with two attached hydrogens (primary N) is 1. The Morgan fingerprint density at radius 2 is 2.19 bits per heavy atom. The predicted molar refractivity (Wildman–Crippen MR) is 61.5 cm³/mol. The van der Waals surface area contributed by atoms with Gasteiger partial charge in [-0.2, -0.15) is 0 Å². The molecule has 0 aromatic rings. The van der Waals surface area contributed by atoms with E-state index < -0.39 is 0 Å². The van der Waals surface area contributed by atoms with Gasteiger partial charge in [0.1, 0.15) is 0 Å². The first kappa shape index (κ1) is 12.7. The van der Waals surface area contributed by atoms with Gasteiger partial charge in [-0.15, -0.1) is 0 Å². The van der Waals surface area contributed by atoms with Crippen LogP contribution in [0.1, 0.15) is 13.3 Å². The van der Waals surface area contributed by atoms with E-state index in [1.165, 1.54) is 0 Å². The van der Waals surface area contributed by atoms with Crippen LogP contribution < -0.4 is 11.1 Å². The lowest BCUT2D eigenvalue weighted by Gasteiger charge is -2.22. The van der Waals surface area contributed by atoms with Gasteiger partial charge in [-0.3, -0.25) is 9.59 Å². The molecule has 2 unspecified atom stereocenters. The second kappa shape index (κ2) is 5.65. The van der Waals surface area contributed by atoms with E-state index in [0.29, 0.717) is 13.0 Å². The Hall–Kier alpha value is -1.36. The molecule has 0 saturated carbocycles. The summed E-state index contributed by atoms with van der Waals surface area (Å²) in [5.41, 5.74) is 5.70. The lowest BCUT2D eigenvalue weighted by Crippen LogP contribution is -2.42. The summed E-state index contributed by atoms with van der Waals surface area (Å²) >= 11 is 0. The highest BCUT2D eigenvalue weighted by Crippen LogP contribution is 2.18. The van der Waals surface area contributed by atoms with Crippen molar-refractivity contribution >= 4 is 11.8 Å². The van der Waals surface area contributed by atoms with Crippen molar-refractivity contribution in [3.05, 3.63) is 12.2 Å². The molecular weight excluding hydrogens is 206 g/mol. The number of likely N-dealkylation sites (N-methyl/N-ethyl adjacent to an activating group) is 2. The number of nitrogens with zero attached hydrogens (tertiary/aromatic N) is 1. The molecule has 0 aromatic carbocycles. The van der Waals surface area contributed by atoms with Crippen LogP contribution in [0.5, 0.6) is 0 Å². The molecule has 2 atom stereocenters. The molecule has 5 heteroatoms. The summed E-state index contributed by atoms with van der Waals surface area (Å²) in [5.74, 6) is -0.337. The Labute approximate surface area is 95.7 Å². The molecular formula is C11H19N3O2.